The van der Waals surface area contributed by atoms with E-state index >= 15 is 0 Å². The van der Waals surface area contributed by atoms with Crippen molar-refractivity contribution in [2.75, 3.05) is 11.9 Å². The molecule has 7 nitrogen and oxygen atoms in total. The maximum Gasteiger partial charge on any atom is 0.340 e. The summed E-state index contributed by atoms with van der Waals surface area (Å²) in [6, 6.07) is 16.8. The smallest absolute Gasteiger partial charge is 0.340 e. The number of fused-ring (bicyclic) bond motifs is 3. The van der Waals surface area contributed by atoms with Crippen molar-refractivity contribution in [2.24, 2.45) is 34.5 Å². The number of aliphatic hydroxyl groups is 3. The zero-order valence-electron chi connectivity index (χ0n) is 24.0. The highest BCUT2D eigenvalue weighted by Gasteiger charge is 2.76. The summed E-state index contributed by atoms with van der Waals surface area (Å²) < 4.78 is 6.08. The molecular formula is C34H39NO6. The highest BCUT2D eigenvalue weighted by molar-refractivity contribution is 5.97. The molecule has 0 aliphatic heterocycles. The number of rotatable bonds is 6. The Hall–Kier alpha value is -3.26. The summed E-state index contributed by atoms with van der Waals surface area (Å²) >= 11 is 0. The minimum atomic E-state index is -2.17. The van der Waals surface area contributed by atoms with Crippen molar-refractivity contribution in [2.45, 2.75) is 58.5 Å². The van der Waals surface area contributed by atoms with Crippen molar-refractivity contribution < 1.29 is 29.6 Å². The molecule has 0 amide bonds. The molecule has 7 heteroatoms. The first-order valence-corrected chi connectivity index (χ1v) is 14.5. The Morgan fingerprint density at radius 3 is 2.49 bits per heavy atom. The van der Waals surface area contributed by atoms with Crippen LogP contribution in [0.5, 0.6) is 0 Å². The van der Waals surface area contributed by atoms with E-state index in [1.807, 2.05) is 43.3 Å². The van der Waals surface area contributed by atoms with Gasteiger partial charge in [-0.3, -0.25) is 4.79 Å². The fraction of sp³-hybridized carbons (Fsp3) is 0.471. The molecule has 2 bridgehead atoms. The molecule has 6 rings (SSSR count). The minimum absolute atomic E-state index is 0.0552. The zero-order chi connectivity index (χ0) is 29.3. The number of allylic oxidation sites excluding steroid dienone is 1. The first-order chi connectivity index (χ1) is 19.5. The summed E-state index contributed by atoms with van der Waals surface area (Å²) in [4.78, 5) is 28.3. The Morgan fingerprint density at radius 2 is 1.78 bits per heavy atom. The van der Waals surface area contributed by atoms with E-state index in [9.17, 15) is 24.9 Å². The van der Waals surface area contributed by atoms with Crippen LogP contribution in [0, 0.1) is 34.5 Å². The van der Waals surface area contributed by atoms with Crippen LogP contribution >= 0.6 is 0 Å². The van der Waals surface area contributed by atoms with Crippen LogP contribution in [0.2, 0.25) is 0 Å². The van der Waals surface area contributed by atoms with Crippen molar-refractivity contribution in [1.29, 1.82) is 0 Å². The van der Waals surface area contributed by atoms with Gasteiger partial charge < -0.3 is 25.4 Å². The number of benzene rings is 2. The molecule has 1 unspecified atom stereocenters. The second kappa shape index (κ2) is 9.65. The number of ether oxygens (including phenoxy) is 1. The Balaban J connectivity index is 1.36. The Kier molecular flexibility index (Phi) is 6.56. The zero-order valence-corrected chi connectivity index (χ0v) is 24.0. The SMILES string of the molecule is CC1=C[C@]23C(=O)C(C=C(CO)[C@@H](O)[C@]2(O)[C@H]1OC(=O)c1ccccc1NCc1ccccc1)[C@H]1[C@@H](C[C@H]3C)C1(C)C. The maximum absolute atomic E-state index is 14.5. The lowest BCUT2D eigenvalue weighted by Crippen LogP contribution is -2.65. The van der Waals surface area contributed by atoms with Crippen molar-refractivity contribution >= 4 is 17.4 Å². The number of ketones is 1. The van der Waals surface area contributed by atoms with Gasteiger partial charge in [0.15, 0.2) is 17.5 Å². The van der Waals surface area contributed by atoms with Crippen molar-refractivity contribution in [1.82, 2.24) is 0 Å². The van der Waals surface area contributed by atoms with Gasteiger partial charge in [0.1, 0.15) is 6.10 Å². The number of para-hydroxylation sites is 1. The van der Waals surface area contributed by atoms with Crippen LogP contribution in [0.3, 0.4) is 0 Å². The second-order valence-corrected chi connectivity index (χ2v) is 13.0. The highest BCUT2D eigenvalue weighted by atomic mass is 16.6. The number of carbonyl (C=O) groups excluding carboxylic acids is 2. The number of anilines is 1. The van der Waals surface area contributed by atoms with Crippen LogP contribution in [0.1, 0.15) is 50.0 Å². The molecule has 0 heterocycles. The average molecular weight is 558 g/mol. The van der Waals surface area contributed by atoms with Gasteiger partial charge in [-0.1, -0.05) is 75.4 Å². The first-order valence-electron chi connectivity index (χ1n) is 14.5. The van der Waals surface area contributed by atoms with Crippen molar-refractivity contribution in [3.8, 4) is 0 Å². The molecule has 41 heavy (non-hydrogen) atoms. The van der Waals surface area contributed by atoms with E-state index in [1.54, 1.807) is 37.3 Å². The van der Waals surface area contributed by atoms with Gasteiger partial charge in [0.25, 0.3) is 0 Å². The third kappa shape index (κ3) is 3.89. The summed E-state index contributed by atoms with van der Waals surface area (Å²) in [5, 5.41) is 38.0. The van der Waals surface area contributed by atoms with Gasteiger partial charge >= 0.3 is 5.97 Å². The van der Waals surface area contributed by atoms with Crippen LogP contribution in [-0.4, -0.2) is 51.5 Å². The molecule has 2 saturated carbocycles. The fourth-order valence-electron chi connectivity index (χ4n) is 8.37. The number of aliphatic hydroxyl groups excluding tert-OH is 2. The van der Waals surface area contributed by atoms with E-state index in [-0.39, 0.29) is 40.1 Å². The van der Waals surface area contributed by atoms with Gasteiger partial charge in [0.2, 0.25) is 0 Å². The molecule has 2 fully saturated rings. The van der Waals surface area contributed by atoms with Crippen molar-refractivity contribution in [3.05, 3.63) is 89.0 Å². The van der Waals surface area contributed by atoms with E-state index in [0.717, 1.165) is 5.56 Å². The molecule has 0 saturated heterocycles. The standard InChI is InChI=1S/C34H39NO6/c1-19-16-33-20(2)14-25-27(32(25,3)4)24(29(33)38)15-22(18-36)28(37)34(33,40)30(19)41-31(39)23-12-8-9-13-26(23)35-17-21-10-6-5-7-11-21/h5-13,15-16,20,24-25,27-28,30,35-37,40H,14,17-18H2,1-4H3/t20-,24?,25-,27+,28-,30+,33+,34+/m1/s1. The molecular weight excluding hydrogens is 518 g/mol. The molecule has 2 aromatic rings. The summed E-state index contributed by atoms with van der Waals surface area (Å²) in [5.41, 5.74) is -1.08. The molecule has 4 N–H and O–H groups in total. The number of esters is 1. The Bertz CT molecular complexity index is 1450. The quantitative estimate of drug-likeness (QED) is 0.309. The summed E-state index contributed by atoms with van der Waals surface area (Å²) in [6.07, 6.45) is 1.25. The van der Waals surface area contributed by atoms with Crippen LogP contribution < -0.4 is 5.32 Å². The van der Waals surface area contributed by atoms with E-state index in [4.69, 9.17) is 4.74 Å². The number of Topliss-reactive ketones (excluding diaryl/α,β-unsaturated/α-hetero) is 1. The molecule has 1 spiro atoms. The van der Waals surface area contributed by atoms with Crippen LogP contribution in [-0.2, 0) is 16.1 Å². The monoisotopic (exact) mass is 557 g/mol. The molecule has 0 radical (unpaired) electrons. The van der Waals surface area contributed by atoms with Crippen LogP contribution in [0.25, 0.3) is 0 Å². The topological polar surface area (TPSA) is 116 Å². The second-order valence-electron chi connectivity index (χ2n) is 13.0. The average Bonchev–Trinajstić information content (AvgIpc) is 3.45. The minimum Gasteiger partial charge on any atom is -0.451 e. The molecule has 8 atom stereocenters. The largest absolute Gasteiger partial charge is 0.451 e. The number of nitrogens with one attached hydrogen (secondary N) is 1. The van der Waals surface area contributed by atoms with Crippen LogP contribution in [0.15, 0.2) is 77.9 Å². The highest BCUT2D eigenvalue weighted by Crippen LogP contribution is 2.71. The predicted octanol–water partition coefficient (Wildman–Crippen LogP) is 4.29. The van der Waals surface area contributed by atoms with Gasteiger partial charge in [-0.25, -0.2) is 4.79 Å². The van der Waals surface area contributed by atoms with E-state index in [0.29, 0.717) is 24.2 Å². The van der Waals surface area contributed by atoms with E-state index < -0.39 is 41.7 Å². The first kappa shape index (κ1) is 27.9. The molecule has 216 valence electrons. The number of carbonyl (C=O) groups is 2. The van der Waals surface area contributed by atoms with Crippen molar-refractivity contribution in [3.63, 3.8) is 0 Å². The lowest BCUT2D eigenvalue weighted by Gasteiger charge is -2.48. The lowest BCUT2D eigenvalue weighted by molar-refractivity contribution is -0.190. The van der Waals surface area contributed by atoms with Gasteiger partial charge in [0.05, 0.1) is 17.6 Å². The summed E-state index contributed by atoms with van der Waals surface area (Å²) in [5.74, 6) is -1.38. The van der Waals surface area contributed by atoms with E-state index in [2.05, 4.69) is 19.2 Å². The van der Waals surface area contributed by atoms with Gasteiger partial charge in [-0.2, -0.15) is 0 Å². The number of hydrogen-bond acceptors (Lipinski definition) is 7. The molecule has 2 aromatic carbocycles. The Morgan fingerprint density at radius 1 is 1.10 bits per heavy atom. The summed E-state index contributed by atoms with van der Waals surface area (Å²) in [7, 11) is 0. The predicted molar refractivity (Wildman–Crippen MR) is 155 cm³/mol. The molecule has 4 aliphatic rings. The third-order valence-corrected chi connectivity index (χ3v) is 10.6. The normalized spacial score (nSPS) is 36.6. The third-order valence-electron chi connectivity index (χ3n) is 10.6. The number of hydrogen-bond donors (Lipinski definition) is 4. The molecule has 4 aliphatic carbocycles. The maximum atomic E-state index is 14.5. The lowest BCUT2D eigenvalue weighted by atomic mass is 9.59. The Labute approximate surface area is 240 Å². The fourth-order valence-corrected chi connectivity index (χ4v) is 8.37. The summed E-state index contributed by atoms with van der Waals surface area (Å²) in [6.45, 7) is 7.98. The van der Waals surface area contributed by atoms with Gasteiger partial charge in [-0.15, -0.1) is 0 Å². The van der Waals surface area contributed by atoms with E-state index in [1.165, 1.54) is 0 Å². The van der Waals surface area contributed by atoms with Gasteiger partial charge in [-0.05, 0) is 65.4 Å². The van der Waals surface area contributed by atoms with Crippen LogP contribution in [0.4, 0.5) is 5.69 Å². The van der Waals surface area contributed by atoms with Gasteiger partial charge in [0, 0.05) is 18.2 Å². The molecule has 0 aromatic heterocycles.